The van der Waals surface area contributed by atoms with Crippen molar-refractivity contribution in [3.05, 3.63) is 71.4 Å². The van der Waals surface area contributed by atoms with Crippen LogP contribution in [0.1, 0.15) is 43.4 Å². The Balaban J connectivity index is 1.35. The Labute approximate surface area is 291 Å². The summed E-state index contributed by atoms with van der Waals surface area (Å²) in [6.07, 6.45) is 8.45. The number of hydrogen-bond donors (Lipinski definition) is 1. The van der Waals surface area contributed by atoms with E-state index in [0.29, 0.717) is 36.4 Å². The number of alkyl halides is 1. The molecular weight excluding hydrogens is 661 g/mol. The van der Waals surface area contributed by atoms with Crippen LogP contribution in [0, 0.1) is 24.0 Å². The molecule has 3 aliphatic heterocycles. The van der Waals surface area contributed by atoms with Crippen LogP contribution >= 0.6 is 0 Å². The van der Waals surface area contributed by atoms with Gasteiger partial charge in [0.2, 0.25) is 11.8 Å². The molecule has 2 fully saturated rings. The Morgan fingerprint density at radius 1 is 1.20 bits per heavy atom. The third-order valence-electron chi connectivity index (χ3n) is 10.4. The first-order valence-corrected chi connectivity index (χ1v) is 16.7. The standard InChI is InChI=1S/C38H33F3N6O4/c1-3-25-28(40)8-7-22-14-24(51-20-48)15-27(31(22)25)34-33(41)35-32-29(16-30(44-35)50-19-38-9-5-11-46(38)18-23(39)17-38)47(12-13-49-37(32)45-34)21(2)26-6-4-10-43-36(26)42/h1,4,6-8,10,14-16,20-21,23H,5,9,11-13,17-19H2,2H3,(H2,42,43)/t21-,23-,38+/m1/s1. The summed E-state index contributed by atoms with van der Waals surface area (Å²) in [5.74, 6) is 1.44. The fourth-order valence-corrected chi connectivity index (χ4v) is 8.02. The molecule has 0 aliphatic carbocycles. The van der Waals surface area contributed by atoms with Crippen molar-refractivity contribution in [1.29, 1.82) is 0 Å². The number of benzene rings is 2. The number of terminal acetylenes is 1. The van der Waals surface area contributed by atoms with E-state index in [9.17, 15) is 9.18 Å². The van der Waals surface area contributed by atoms with E-state index >= 15 is 8.78 Å². The lowest BCUT2D eigenvalue weighted by atomic mass is 9.95. The van der Waals surface area contributed by atoms with E-state index in [0.717, 1.165) is 24.9 Å². The summed E-state index contributed by atoms with van der Waals surface area (Å²) in [4.78, 5) is 29.1. The number of nitrogens with zero attached hydrogens (tertiary/aromatic N) is 5. The fourth-order valence-electron chi connectivity index (χ4n) is 8.02. The van der Waals surface area contributed by atoms with Gasteiger partial charge in [0.1, 0.15) is 48.0 Å². The Hall–Kier alpha value is -5.61. The number of aromatic nitrogens is 3. The molecule has 2 aromatic carbocycles. The van der Waals surface area contributed by atoms with Crippen LogP contribution in [-0.4, -0.2) is 70.9 Å². The van der Waals surface area contributed by atoms with Crippen LogP contribution in [0.3, 0.4) is 0 Å². The molecular formula is C38H33F3N6O4. The van der Waals surface area contributed by atoms with Gasteiger partial charge in [-0.3, -0.25) is 9.69 Å². The maximum absolute atomic E-state index is 17.3. The molecule has 0 radical (unpaired) electrons. The molecule has 8 rings (SSSR count). The average molecular weight is 695 g/mol. The van der Waals surface area contributed by atoms with Crippen molar-refractivity contribution in [1.82, 2.24) is 19.9 Å². The normalized spacial score (nSPS) is 20.5. The molecule has 0 spiro atoms. The molecule has 260 valence electrons. The number of pyridine rings is 3. The summed E-state index contributed by atoms with van der Waals surface area (Å²) in [5, 5.41) is 0.878. The van der Waals surface area contributed by atoms with E-state index in [1.54, 1.807) is 18.3 Å². The largest absolute Gasteiger partial charge is 0.476 e. The SMILES string of the molecule is C#Cc1c(F)ccc2cc(OC=O)cc(-c3nc4c5c(cc(OC[C@@]67CCCN6C[C@H](F)C7)nc5c3F)N([C@H](C)c3cccnc3N)CCO4)c12. The van der Waals surface area contributed by atoms with Gasteiger partial charge in [0.05, 0.1) is 34.8 Å². The minimum atomic E-state index is -0.957. The zero-order valence-corrected chi connectivity index (χ0v) is 27.7. The number of nitrogen functional groups attached to an aromatic ring is 1. The number of carbonyl (C=O) groups is 1. The topological polar surface area (TPSA) is 116 Å². The highest BCUT2D eigenvalue weighted by Crippen LogP contribution is 2.46. The zero-order valence-electron chi connectivity index (χ0n) is 27.7. The van der Waals surface area contributed by atoms with Gasteiger partial charge in [-0.2, -0.15) is 0 Å². The third kappa shape index (κ3) is 5.41. The van der Waals surface area contributed by atoms with Gasteiger partial charge >= 0.3 is 0 Å². The van der Waals surface area contributed by atoms with Crippen LogP contribution in [0.2, 0.25) is 0 Å². The fraction of sp³-hybridized carbons (Fsp3) is 0.316. The van der Waals surface area contributed by atoms with Crippen LogP contribution in [0.4, 0.5) is 24.7 Å². The van der Waals surface area contributed by atoms with E-state index in [4.69, 9.17) is 26.4 Å². The summed E-state index contributed by atoms with van der Waals surface area (Å²) in [6.45, 7) is 3.99. The highest BCUT2D eigenvalue weighted by molar-refractivity contribution is 6.05. The predicted molar refractivity (Wildman–Crippen MR) is 185 cm³/mol. The molecule has 0 bridgehead atoms. The summed E-state index contributed by atoms with van der Waals surface area (Å²) in [6, 6.07) is 10.6. The molecule has 3 aliphatic rings. The first-order valence-electron chi connectivity index (χ1n) is 16.7. The van der Waals surface area contributed by atoms with Gasteiger partial charge in [-0.05, 0) is 56.0 Å². The lowest BCUT2D eigenvalue weighted by molar-refractivity contribution is -0.120. The number of nitrogens with two attached hydrogens (primary N) is 1. The number of halogens is 3. The molecule has 3 aromatic heterocycles. The molecule has 0 saturated carbocycles. The quantitative estimate of drug-likeness (QED) is 0.150. The van der Waals surface area contributed by atoms with Gasteiger partial charge < -0.3 is 24.8 Å². The molecule has 6 heterocycles. The maximum atomic E-state index is 17.3. The smallest absolute Gasteiger partial charge is 0.298 e. The van der Waals surface area contributed by atoms with Crippen molar-refractivity contribution >= 4 is 39.7 Å². The van der Waals surface area contributed by atoms with Gasteiger partial charge in [0.25, 0.3) is 6.47 Å². The van der Waals surface area contributed by atoms with Gasteiger partial charge in [-0.15, -0.1) is 6.42 Å². The number of rotatable bonds is 8. The van der Waals surface area contributed by atoms with Crippen LogP contribution in [0.25, 0.3) is 32.9 Å². The number of anilines is 2. The van der Waals surface area contributed by atoms with E-state index in [1.807, 2.05) is 17.9 Å². The second-order valence-electron chi connectivity index (χ2n) is 13.2. The molecule has 0 amide bonds. The first-order chi connectivity index (χ1) is 24.7. The van der Waals surface area contributed by atoms with E-state index in [-0.39, 0.29) is 76.3 Å². The highest BCUT2D eigenvalue weighted by atomic mass is 19.1. The Kier molecular flexibility index (Phi) is 8.06. The monoisotopic (exact) mass is 694 g/mol. The minimum Gasteiger partial charge on any atom is -0.476 e. The zero-order chi connectivity index (χ0) is 35.4. The van der Waals surface area contributed by atoms with Gasteiger partial charge in [0.15, 0.2) is 5.82 Å². The van der Waals surface area contributed by atoms with E-state index in [1.165, 1.54) is 24.3 Å². The Morgan fingerprint density at radius 3 is 2.86 bits per heavy atom. The molecule has 5 aromatic rings. The maximum Gasteiger partial charge on any atom is 0.298 e. The van der Waals surface area contributed by atoms with Crippen LogP contribution in [0.5, 0.6) is 17.5 Å². The summed E-state index contributed by atoms with van der Waals surface area (Å²) in [7, 11) is 0. The predicted octanol–water partition coefficient (Wildman–Crippen LogP) is 6.14. The molecule has 2 saturated heterocycles. The first kappa shape index (κ1) is 32.6. The van der Waals surface area contributed by atoms with Crippen molar-refractivity contribution < 1.29 is 32.2 Å². The van der Waals surface area contributed by atoms with E-state index < -0.39 is 23.3 Å². The molecule has 2 N–H and O–H groups in total. The van der Waals surface area contributed by atoms with Crippen molar-refractivity contribution in [2.75, 3.05) is 43.5 Å². The second-order valence-corrected chi connectivity index (χ2v) is 13.2. The number of carbonyl (C=O) groups excluding carboxylic acids is 1. The average Bonchev–Trinajstić information content (AvgIpc) is 3.58. The lowest BCUT2D eigenvalue weighted by Crippen LogP contribution is -2.43. The lowest BCUT2D eigenvalue weighted by Gasteiger charge is -2.32. The third-order valence-corrected chi connectivity index (χ3v) is 10.4. The number of hydrogen-bond acceptors (Lipinski definition) is 10. The summed E-state index contributed by atoms with van der Waals surface area (Å²) in [5.41, 5.74) is 6.70. The Morgan fingerprint density at radius 2 is 2.06 bits per heavy atom. The minimum absolute atomic E-state index is 0.0676. The molecule has 10 nitrogen and oxygen atoms in total. The highest BCUT2D eigenvalue weighted by Gasteiger charge is 2.49. The van der Waals surface area contributed by atoms with Crippen molar-refractivity contribution in [3.8, 4) is 41.1 Å². The van der Waals surface area contributed by atoms with Gasteiger partial charge in [-0.25, -0.2) is 28.1 Å². The van der Waals surface area contributed by atoms with E-state index in [2.05, 4.69) is 25.8 Å². The number of ether oxygens (including phenoxy) is 3. The van der Waals surface area contributed by atoms with Crippen molar-refractivity contribution in [3.63, 3.8) is 0 Å². The molecule has 3 atom stereocenters. The summed E-state index contributed by atoms with van der Waals surface area (Å²) < 4.78 is 64.8. The summed E-state index contributed by atoms with van der Waals surface area (Å²) >= 11 is 0. The number of fused-ring (bicyclic) bond motifs is 2. The molecule has 0 unspecified atom stereocenters. The molecule has 13 heteroatoms. The van der Waals surface area contributed by atoms with Crippen molar-refractivity contribution in [2.45, 2.75) is 43.9 Å². The molecule has 51 heavy (non-hydrogen) atoms. The second kappa shape index (κ2) is 12.6. The van der Waals surface area contributed by atoms with Crippen molar-refractivity contribution in [2.24, 2.45) is 0 Å². The van der Waals surface area contributed by atoms with Crippen LogP contribution in [0.15, 0.2) is 48.7 Å². The van der Waals surface area contributed by atoms with Crippen LogP contribution < -0.4 is 24.8 Å². The van der Waals surface area contributed by atoms with Gasteiger partial charge in [-0.1, -0.05) is 18.1 Å². The van der Waals surface area contributed by atoms with Crippen LogP contribution in [-0.2, 0) is 4.79 Å². The Bertz CT molecular complexity index is 2260. The van der Waals surface area contributed by atoms with Gasteiger partial charge in [0, 0.05) is 41.7 Å².